The Morgan fingerprint density at radius 2 is 2.09 bits per heavy atom. The van der Waals surface area contributed by atoms with Gasteiger partial charge in [0.1, 0.15) is 0 Å². The highest BCUT2D eigenvalue weighted by Crippen LogP contribution is 1.90. The molecule has 0 saturated heterocycles. The van der Waals surface area contributed by atoms with Crippen molar-refractivity contribution in [3.8, 4) is 0 Å². The van der Waals surface area contributed by atoms with E-state index in [0.29, 0.717) is 12.3 Å². The van der Waals surface area contributed by atoms with Gasteiger partial charge in [-0.1, -0.05) is 0 Å². The van der Waals surface area contributed by atoms with Gasteiger partial charge in [0.2, 0.25) is 10.0 Å². The number of alkyl halides is 1. The average molecular weight is 202 g/mol. The summed E-state index contributed by atoms with van der Waals surface area (Å²) in [5, 5.41) is 8.30. The number of aliphatic hydroxyl groups is 1. The molecule has 0 aliphatic rings. The van der Waals surface area contributed by atoms with Crippen molar-refractivity contribution >= 4 is 21.6 Å². The molecule has 11 heavy (non-hydrogen) atoms. The summed E-state index contributed by atoms with van der Waals surface area (Å²) in [6.07, 6.45) is 0.433. The summed E-state index contributed by atoms with van der Waals surface area (Å²) in [6.45, 7) is -0.106. The maximum atomic E-state index is 10.9. The van der Waals surface area contributed by atoms with Crippen molar-refractivity contribution in [3.05, 3.63) is 0 Å². The van der Waals surface area contributed by atoms with E-state index in [1.807, 2.05) is 0 Å². The molecule has 0 atom stereocenters. The van der Waals surface area contributed by atoms with Gasteiger partial charge in [0.25, 0.3) is 0 Å². The van der Waals surface area contributed by atoms with E-state index in [-0.39, 0.29) is 18.9 Å². The van der Waals surface area contributed by atoms with Gasteiger partial charge in [-0.3, -0.25) is 0 Å². The molecule has 4 nitrogen and oxygen atoms in total. The van der Waals surface area contributed by atoms with Crippen LogP contribution in [-0.4, -0.2) is 38.3 Å². The van der Waals surface area contributed by atoms with Crippen LogP contribution in [0.15, 0.2) is 0 Å². The van der Waals surface area contributed by atoms with Crippen LogP contribution in [0.1, 0.15) is 6.42 Å². The third-order valence-electron chi connectivity index (χ3n) is 0.980. The van der Waals surface area contributed by atoms with E-state index in [1.165, 1.54) is 0 Å². The van der Waals surface area contributed by atoms with E-state index in [9.17, 15) is 8.42 Å². The molecule has 0 unspecified atom stereocenters. The number of nitrogens with one attached hydrogen (secondary N) is 1. The van der Waals surface area contributed by atoms with Gasteiger partial charge in [0.05, 0.1) is 12.4 Å². The quantitative estimate of drug-likeness (QED) is 0.571. The van der Waals surface area contributed by atoms with E-state index in [2.05, 4.69) is 4.72 Å². The zero-order valence-corrected chi connectivity index (χ0v) is 7.66. The lowest BCUT2D eigenvalue weighted by Gasteiger charge is -2.02. The monoisotopic (exact) mass is 201 g/mol. The summed E-state index contributed by atoms with van der Waals surface area (Å²) in [6, 6.07) is 0. The van der Waals surface area contributed by atoms with Gasteiger partial charge < -0.3 is 5.11 Å². The largest absolute Gasteiger partial charge is 0.395 e. The second-order valence-electron chi connectivity index (χ2n) is 1.98. The summed E-state index contributed by atoms with van der Waals surface area (Å²) < 4.78 is 23.9. The maximum absolute atomic E-state index is 10.9. The summed E-state index contributed by atoms with van der Waals surface area (Å²) >= 11 is 5.30. The molecule has 0 saturated carbocycles. The number of rotatable bonds is 6. The van der Waals surface area contributed by atoms with E-state index < -0.39 is 10.0 Å². The topological polar surface area (TPSA) is 66.4 Å². The lowest BCUT2D eigenvalue weighted by molar-refractivity contribution is 0.301. The predicted molar refractivity (Wildman–Crippen MR) is 44.2 cm³/mol. The molecule has 0 heterocycles. The fraction of sp³-hybridized carbons (Fsp3) is 1.00. The smallest absolute Gasteiger partial charge is 0.211 e. The third kappa shape index (κ3) is 6.55. The first-order chi connectivity index (χ1) is 5.12. The molecule has 0 aliphatic carbocycles. The van der Waals surface area contributed by atoms with Crippen molar-refractivity contribution in [2.24, 2.45) is 0 Å². The first-order valence-corrected chi connectivity index (χ1v) is 5.45. The molecule has 0 fully saturated rings. The fourth-order valence-electron chi connectivity index (χ4n) is 0.518. The lowest BCUT2D eigenvalue weighted by atomic mass is 10.6. The Kier molecular flexibility index (Phi) is 5.85. The molecule has 6 heteroatoms. The molecule has 0 aromatic rings. The van der Waals surface area contributed by atoms with Crippen LogP contribution in [0.25, 0.3) is 0 Å². The highest BCUT2D eigenvalue weighted by Gasteiger charge is 2.06. The van der Waals surface area contributed by atoms with Crippen molar-refractivity contribution < 1.29 is 13.5 Å². The molecular formula is C5H12ClNO3S. The normalized spacial score (nSPS) is 11.8. The molecular weight excluding hydrogens is 190 g/mol. The van der Waals surface area contributed by atoms with Crippen molar-refractivity contribution in [3.63, 3.8) is 0 Å². The SMILES string of the molecule is O=S(=O)(CCCCl)NCCO. The average Bonchev–Trinajstić information content (AvgIpc) is 1.97. The molecule has 0 bridgehead atoms. The van der Waals surface area contributed by atoms with Crippen molar-refractivity contribution in [1.82, 2.24) is 4.72 Å². The number of sulfonamides is 1. The van der Waals surface area contributed by atoms with E-state index in [4.69, 9.17) is 16.7 Å². The van der Waals surface area contributed by atoms with Crippen LogP contribution in [0.5, 0.6) is 0 Å². The summed E-state index contributed by atoms with van der Waals surface area (Å²) in [4.78, 5) is 0. The Bertz CT molecular complexity index is 166. The Morgan fingerprint density at radius 3 is 2.55 bits per heavy atom. The summed E-state index contributed by atoms with van der Waals surface area (Å²) in [5.74, 6) is 0.358. The number of halogens is 1. The van der Waals surface area contributed by atoms with Gasteiger partial charge >= 0.3 is 0 Å². The van der Waals surface area contributed by atoms with E-state index in [1.54, 1.807) is 0 Å². The predicted octanol–water partition coefficient (Wildman–Crippen LogP) is -0.473. The third-order valence-corrected chi connectivity index (χ3v) is 2.72. The van der Waals surface area contributed by atoms with Gasteiger partial charge in [-0.15, -0.1) is 11.6 Å². The zero-order valence-electron chi connectivity index (χ0n) is 6.09. The van der Waals surface area contributed by atoms with Crippen LogP contribution in [0.2, 0.25) is 0 Å². The summed E-state index contributed by atoms with van der Waals surface area (Å²) in [5.41, 5.74) is 0. The van der Waals surface area contributed by atoms with Crippen LogP contribution in [-0.2, 0) is 10.0 Å². The van der Waals surface area contributed by atoms with Gasteiger partial charge in [-0.2, -0.15) is 0 Å². The second-order valence-corrected chi connectivity index (χ2v) is 4.28. The Morgan fingerprint density at radius 1 is 1.45 bits per heavy atom. The van der Waals surface area contributed by atoms with Gasteiger partial charge in [-0.05, 0) is 6.42 Å². The van der Waals surface area contributed by atoms with Crippen LogP contribution < -0.4 is 4.72 Å². The molecule has 0 aliphatic heterocycles. The summed E-state index contributed by atoms with van der Waals surface area (Å²) in [7, 11) is -3.20. The van der Waals surface area contributed by atoms with Crippen molar-refractivity contribution in [1.29, 1.82) is 0 Å². The highest BCUT2D eigenvalue weighted by atomic mass is 35.5. The number of hydrogen-bond donors (Lipinski definition) is 2. The standard InChI is InChI=1S/C5H12ClNO3S/c6-2-1-5-11(9,10)7-3-4-8/h7-8H,1-5H2. The minimum absolute atomic E-state index is 0.0243. The fourth-order valence-corrected chi connectivity index (χ4v) is 1.88. The number of hydrogen-bond acceptors (Lipinski definition) is 3. The van der Waals surface area contributed by atoms with Crippen molar-refractivity contribution in [2.75, 3.05) is 24.8 Å². The minimum Gasteiger partial charge on any atom is -0.395 e. The molecule has 0 radical (unpaired) electrons. The lowest BCUT2D eigenvalue weighted by Crippen LogP contribution is -2.29. The highest BCUT2D eigenvalue weighted by molar-refractivity contribution is 7.89. The van der Waals surface area contributed by atoms with Crippen molar-refractivity contribution in [2.45, 2.75) is 6.42 Å². The molecule has 0 aromatic heterocycles. The molecule has 0 amide bonds. The minimum atomic E-state index is -3.20. The van der Waals surface area contributed by atoms with Crippen LogP contribution in [0, 0.1) is 0 Å². The van der Waals surface area contributed by atoms with Gasteiger partial charge in [0.15, 0.2) is 0 Å². The van der Waals surface area contributed by atoms with E-state index >= 15 is 0 Å². The molecule has 68 valence electrons. The Labute approximate surface area is 71.6 Å². The van der Waals surface area contributed by atoms with E-state index in [0.717, 1.165) is 0 Å². The molecule has 0 aromatic carbocycles. The second kappa shape index (κ2) is 5.77. The Hall–Kier alpha value is 0.160. The molecule has 0 spiro atoms. The first-order valence-electron chi connectivity index (χ1n) is 3.26. The Balaban J connectivity index is 3.63. The van der Waals surface area contributed by atoms with Crippen LogP contribution in [0.4, 0.5) is 0 Å². The molecule has 0 rings (SSSR count). The zero-order chi connectivity index (χ0) is 8.74. The van der Waals surface area contributed by atoms with Crippen LogP contribution in [0.3, 0.4) is 0 Å². The number of aliphatic hydroxyl groups excluding tert-OH is 1. The van der Waals surface area contributed by atoms with Crippen LogP contribution >= 0.6 is 11.6 Å². The first kappa shape index (κ1) is 11.2. The van der Waals surface area contributed by atoms with Gasteiger partial charge in [-0.25, -0.2) is 13.1 Å². The molecule has 2 N–H and O–H groups in total. The maximum Gasteiger partial charge on any atom is 0.211 e. The van der Waals surface area contributed by atoms with Gasteiger partial charge in [0, 0.05) is 12.4 Å².